The number of aliphatic hydroxyl groups excluding tert-OH is 1. The van der Waals surface area contributed by atoms with E-state index in [-0.39, 0.29) is 18.6 Å². The van der Waals surface area contributed by atoms with Crippen molar-refractivity contribution in [1.82, 2.24) is 16.0 Å². The number of aliphatic carboxylic acids is 1. The summed E-state index contributed by atoms with van der Waals surface area (Å²) in [7, 11) is 0. The number of primary amides is 1. The van der Waals surface area contributed by atoms with E-state index in [1.54, 1.807) is 0 Å². The van der Waals surface area contributed by atoms with Crippen LogP contribution in [-0.2, 0) is 30.4 Å². The van der Waals surface area contributed by atoms with Crippen LogP contribution in [0.2, 0.25) is 0 Å². The van der Waals surface area contributed by atoms with E-state index in [1.165, 1.54) is 24.3 Å². The summed E-state index contributed by atoms with van der Waals surface area (Å²) in [6.07, 6.45) is 0.528. The molecule has 4 amide bonds. The minimum absolute atomic E-state index is 0.0126. The third kappa shape index (κ3) is 10.7. The summed E-state index contributed by atoms with van der Waals surface area (Å²) in [5.41, 5.74) is 16.6. The predicted octanol–water partition coefficient (Wildman–Crippen LogP) is -3.20. The molecule has 4 unspecified atom stereocenters. The van der Waals surface area contributed by atoms with Crippen molar-refractivity contribution in [2.75, 3.05) is 13.2 Å². The number of phenols is 1. The molecule has 12 N–H and O–H groups in total. The van der Waals surface area contributed by atoms with E-state index in [0.29, 0.717) is 24.9 Å². The van der Waals surface area contributed by atoms with Crippen LogP contribution < -0.4 is 33.2 Å². The van der Waals surface area contributed by atoms with E-state index in [9.17, 15) is 39.3 Å². The fraction of sp³-hybridized carbons (Fsp3) is 0.500. The van der Waals surface area contributed by atoms with Crippen molar-refractivity contribution in [2.45, 2.75) is 56.3 Å². The average molecular weight is 511 g/mol. The van der Waals surface area contributed by atoms with Crippen molar-refractivity contribution in [3.05, 3.63) is 29.8 Å². The number of nitrogens with one attached hydrogen (secondary N) is 3. The quantitative estimate of drug-likeness (QED) is 0.101. The van der Waals surface area contributed by atoms with Gasteiger partial charge in [0.15, 0.2) is 0 Å². The summed E-state index contributed by atoms with van der Waals surface area (Å²) in [5, 5.41) is 35.4. The van der Waals surface area contributed by atoms with Gasteiger partial charge in [0.25, 0.3) is 0 Å². The Balaban J connectivity index is 2.88. The first-order valence-electron chi connectivity index (χ1n) is 11.2. The molecular weight excluding hydrogens is 476 g/mol. The molecule has 0 aromatic heterocycles. The Morgan fingerprint density at radius 3 is 1.94 bits per heavy atom. The summed E-state index contributed by atoms with van der Waals surface area (Å²) in [4.78, 5) is 60.4. The number of nitrogens with two attached hydrogens (primary N) is 3. The zero-order chi connectivity index (χ0) is 27.3. The van der Waals surface area contributed by atoms with Crippen LogP contribution in [0.3, 0.4) is 0 Å². The van der Waals surface area contributed by atoms with Gasteiger partial charge in [-0.2, -0.15) is 0 Å². The van der Waals surface area contributed by atoms with Gasteiger partial charge in [-0.25, -0.2) is 4.79 Å². The number of aromatic hydroxyl groups is 1. The van der Waals surface area contributed by atoms with Crippen molar-refractivity contribution >= 4 is 29.6 Å². The van der Waals surface area contributed by atoms with Crippen LogP contribution >= 0.6 is 0 Å². The third-order valence-corrected chi connectivity index (χ3v) is 5.14. The molecule has 0 saturated carbocycles. The molecule has 0 fully saturated rings. The van der Waals surface area contributed by atoms with Gasteiger partial charge in [0, 0.05) is 6.42 Å². The maximum atomic E-state index is 12.8. The summed E-state index contributed by atoms with van der Waals surface area (Å²) in [6.45, 7) is -0.517. The summed E-state index contributed by atoms with van der Waals surface area (Å²) in [5.74, 6) is -4.78. The van der Waals surface area contributed by atoms with Crippen LogP contribution in [0.1, 0.15) is 31.2 Å². The largest absolute Gasteiger partial charge is 0.508 e. The number of benzene rings is 1. The monoisotopic (exact) mass is 510 g/mol. The van der Waals surface area contributed by atoms with Crippen molar-refractivity contribution in [2.24, 2.45) is 17.2 Å². The summed E-state index contributed by atoms with van der Waals surface area (Å²) >= 11 is 0. The van der Waals surface area contributed by atoms with Gasteiger partial charge >= 0.3 is 5.97 Å². The standard InChI is InChI=1S/C22H34N6O8/c23-8-2-1-3-15(26-19(32)14(24)10-18(25)31)20(33)28-17(11-29)21(34)27-16(22(35)36)9-12-4-6-13(30)7-5-12/h4-7,14-17,29-30H,1-3,8-11,23-24H2,(H2,25,31)(H,26,32)(H,27,34)(H,28,33)(H,35,36). The molecule has 14 heteroatoms. The number of carboxylic acid groups (broad SMARTS) is 1. The van der Waals surface area contributed by atoms with Crippen LogP contribution in [0.4, 0.5) is 0 Å². The number of rotatable bonds is 16. The second kappa shape index (κ2) is 15.3. The van der Waals surface area contributed by atoms with Crippen LogP contribution in [0.25, 0.3) is 0 Å². The molecule has 200 valence electrons. The molecule has 4 atom stereocenters. The highest BCUT2D eigenvalue weighted by atomic mass is 16.4. The van der Waals surface area contributed by atoms with Gasteiger partial charge in [-0.3, -0.25) is 19.2 Å². The number of unbranched alkanes of at least 4 members (excludes halogenated alkanes) is 1. The molecule has 1 aromatic carbocycles. The van der Waals surface area contributed by atoms with Crippen molar-refractivity contribution in [3.8, 4) is 5.75 Å². The first-order valence-corrected chi connectivity index (χ1v) is 11.2. The number of hydrogen-bond acceptors (Lipinski definition) is 9. The Morgan fingerprint density at radius 2 is 1.42 bits per heavy atom. The van der Waals surface area contributed by atoms with Crippen molar-refractivity contribution in [3.63, 3.8) is 0 Å². The number of hydrogen-bond donors (Lipinski definition) is 9. The Labute approximate surface area is 207 Å². The zero-order valence-electron chi connectivity index (χ0n) is 19.7. The second-order valence-electron chi connectivity index (χ2n) is 8.14. The van der Waals surface area contributed by atoms with Gasteiger partial charge in [-0.15, -0.1) is 0 Å². The average Bonchev–Trinajstić information content (AvgIpc) is 2.81. The first-order chi connectivity index (χ1) is 17.0. The van der Waals surface area contributed by atoms with Gasteiger partial charge in [0.2, 0.25) is 23.6 Å². The smallest absolute Gasteiger partial charge is 0.326 e. The Kier molecular flexibility index (Phi) is 12.9. The topological polar surface area (TPSA) is 260 Å². The van der Waals surface area contributed by atoms with Gasteiger partial charge in [-0.1, -0.05) is 12.1 Å². The zero-order valence-corrected chi connectivity index (χ0v) is 19.7. The SMILES string of the molecule is NCCCCC(NC(=O)C(N)CC(N)=O)C(=O)NC(CO)C(=O)NC(Cc1ccc(O)cc1)C(=O)O. The van der Waals surface area contributed by atoms with E-state index < -0.39 is 66.8 Å². The Bertz CT molecular complexity index is 910. The molecule has 0 bridgehead atoms. The maximum Gasteiger partial charge on any atom is 0.326 e. The number of carboxylic acids is 1. The molecule has 0 radical (unpaired) electrons. The summed E-state index contributed by atoms with van der Waals surface area (Å²) < 4.78 is 0. The molecule has 0 aliphatic carbocycles. The Hall–Kier alpha value is -3.75. The number of phenolic OH excluding ortho intramolecular Hbond substituents is 1. The molecule has 1 aromatic rings. The molecular formula is C22H34N6O8. The number of carbonyl (C=O) groups is 5. The molecule has 0 aliphatic rings. The lowest BCUT2D eigenvalue weighted by Crippen LogP contribution is -2.58. The lowest BCUT2D eigenvalue weighted by atomic mass is 10.0. The molecule has 0 aliphatic heterocycles. The normalized spacial score (nSPS) is 14.1. The van der Waals surface area contributed by atoms with Crippen LogP contribution in [0.15, 0.2) is 24.3 Å². The number of carbonyl (C=O) groups excluding carboxylic acids is 4. The molecule has 0 heterocycles. The number of aliphatic hydroxyl groups is 1. The fourth-order valence-electron chi connectivity index (χ4n) is 3.16. The predicted molar refractivity (Wildman–Crippen MR) is 127 cm³/mol. The Morgan fingerprint density at radius 1 is 0.861 bits per heavy atom. The lowest BCUT2D eigenvalue weighted by molar-refractivity contribution is -0.142. The van der Waals surface area contributed by atoms with Crippen molar-refractivity contribution in [1.29, 1.82) is 0 Å². The first kappa shape index (κ1) is 30.3. The molecule has 0 spiro atoms. The van der Waals surface area contributed by atoms with Gasteiger partial charge in [0.05, 0.1) is 19.1 Å². The molecule has 36 heavy (non-hydrogen) atoms. The van der Waals surface area contributed by atoms with Crippen molar-refractivity contribution < 1.29 is 39.3 Å². The van der Waals surface area contributed by atoms with E-state index in [0.717, 1.165) is 0 Å². The summed E-state index contributed by atoms with van der Waals surface area (Å²) in [6, 6.07) is 0.327. The maximum absolute atomic E-state index is 12.8. The van der Waals surface area contributed by atoms with E-state index in [2.05, 4.69) is 16.0 Å². The second-order valence-corrected chi connectivity index (χ2v) is 8.14. The van der Waals surface area contributed by atoms with Crippen LogP contribution in [-0.4, -0.2) is 82.2 Å². The minimum atomic E-state index is -1.52. The van der Waals surface area contributed by atoms with Gasteiger partial charge in [-0.05, 0) is 43.5 Å². The highest BCUT2D eigenvalue weighted by Crippen LogP contribution is 2.11. The van der Waals surface area contributed by atoms with E-state index in [4.69, 9.17) is 17.2 Å². The molecule has 14 nitrogen and oxygen atoms in total. The van der Waals surface area contributed by atoms with Crippen LogP contribution in [0, 0.1) is 0 Å². The minimum Gasteiger partial charge on any atom is -0.508 e. The van der Waals surface area contributed by atoms with Gasteiger partial charge in [0.1, 0.15) is 23.9 Å². The lowest BCUT2D eigenvalue weighted by Gasteiger charge is -2.24. The third-order valence-electron chi connectivity index (χ3n) is 5.14. The highest BCUT2D eigenvalue weighted by molar-refractivity contribution is 5.95. The molecule has 1 rings (SSSR count). The molecule has 0 saturated heterocycles. The van der Waals surface area contributed by atoms with Gasteiger partial charge < -0.3 is 48.5 Å². The highest BCUT2D eigenvalue weighted by Gasteiger charge is 2.30. The van der Waals surface area contributed by atoms with Crippen LogP contribution in [0.5, 0.6) is 5.75 Å². The number of amides is 4. The van der Waals surface area contributed by atoms with E-state index >= 15 is 0 Å². The van der Waals surface area contributed by atoms with E-state index in [1.807, 2.05) is 0 Å². The fourth-order valence-corrected chi connectivity index (χ4v) is 3.16.